The average molecular weight is 684 g/mol. The second-order valence-electron chi connectivity index (χ2n) is 13.6. The number of ether oxygens (including phenoxy) is 4. The number of hydrogen-bond acceptors (Lipinski definition) is 9. The zero-order valence-electron chi connectivity index (χ0n) is 30.2. The minimum absolute atomic E-state index is 0.0486. The molecule has 272 valence electrons. The van der Waals surface area contributed by atoms with Crippen molar-refractivity contribution < 1.29 is 38.7 Å². The van der Waals surface area contributed by atoms with E-state index < -0.39 is 24.4 Å². The Morgan fingerprint density at radius 1 is 1.00 bits per heavy atom. The van der Waals surface area contributed by atoms with Crippen molar-refractivity contribution in [2.75, 3.05) is 60.7 Å². The van der Waals surface area contributed by atoms with E-state index in [1.54, 1.807) is 19.1 Å². The molecule has 1 aliphatic heterocycles. The van der Waals surface area contributed by atoms with E-state index >= 15 is 0 Å². The molecule has 1 heterocycles. The van der Waals surface area contributed by atoms with Crippen LogP contribution in [-0.4, -0.2) is 111 Å². The molecule has 0 spiro atoms. The van der Waals surface area contributed by atoms with Crippen molar-refractivity contribution in [3.63, 3.8) is 0 Å². The van der Waals surface area contributed by atoms with Crippen molar-refractivity contribution in [1.82, 2.24) is 15.1 Å². The number of hydrogen-bond donors (Lipinski definition) is 3. The predicted molar refractivity (Wildman–Crippen MR) is 188 cm³/mol. The van der Waals surface area contributed by atoms with Crippen molar-refractivity contribution in [3.05, 3.63) is 58.7 Å². The first-order valence-corrected chi connectivity index (χ1v) is 17.6. The number of nitrogens with zero attached hydrogens (tertiary/aromatic N) is 2. The Labute approximate surface area is 291 Å². The highest BCUT2D eigenvalue weighted by Gasteiger charge is 2.37. The summed E-state index contributed by atoms with van der Waals surface area (Å²) in [6.07, 6.45) is 1.30. The summed E-state index contributed by atoms with van der Waals surface area (Å²) in [5.74, 6) is 1.11. The first-order valence-electron chi connectivity index (χ1n) is 17.6. The molecule has 2 aromatic rings. The third-order valence-electron chi connectivity index (χ3n) is 10.0. The van der Waals surface area contributed by atoms with Gasteiger partial charge in [-0.25, -0.2) is 0 Å². The molecule has 0 aromatic heterocycles. The van der Waals surface area contributed by atoms with E-state index in [-0.39, 0.29) is 43.3 Å². The average Bonchev–Trinajstić information content (AvgIpc) is 3.55. The van der Waals surface area contributed by atoms with Crippen molar-refractivity contribution >= 4 is 11.8 Å². The Morgan fingerprint density at radius 2 is 1.76 bits per heavy atom. The number of carbonyl (C=O) groups excluding carboxylic acids is 2. The van der Waals surface area contributed by atoms with Gasteiger partial charge in [-0.2, -0.15) is 0 Å². The molecule has 3 N–H and O–H groups in total. The van der Waals surface area contributed by atoms with Crippen LogP contribution in [0.2, 0.25) is 0 Å². The fourth-order valence-electron chi connectivity index (χ4n) is 7.13. The molecule has 49 heavy (non-hydrogen) atoms. The maximum atomic E-state index is 14.4. The Balaban J connectivity index is 1.69. The third kappa shape index (κ3) is 10.2. The Morgan fingerprint density at radius 3 is 2.43 bits per heavy atom. The molecule has 11 nitrogen and oxygen atoms in total. The number of carbonyl (C=O) groups is 2. The molecule has 0 bridgehead atoms. The van der Waals surface area contributed by atoms with E-state index in [2.05, 4.69) is 31.3 Å². The second kappa shape index (κ2) is 18.7. The summed E-state index contributed by atoms with van der Waals surface area (Å²) in [5.41, 5.74) is 4.63. The van der Waals surface area contributed by atoms with Gasteiger partial charge in [-0.1, -0.05) is 32.0 Å². The van der Waals surface area contributed by atoms with Gasteiger partial charge in [0, 0.05) is 58.3 Å². The fourth-order valence-corrected chi connectivity index (χ4v) is 7.13. The van der Waals surface area contributed by atoms with Crippen molar-refractivity contribution in [3.8, 4) is 11.5 Å². The van der Waals surface area contributed by atoms with E-state index in [0.717, 1.165) is 36.1 Å². The van der Waals surface area contributed by atoms with Crippen LogP contribution in [0.1, 0.15) is 68.3 Å². The first kappa shape index (κ1) is 38.6. The van der Waals surface area contributed by atoms with E-state index in [4.69, 9.17) is 18.9 Å². The molecule has 2 aliphatic rings. The first-order chi connectivity index (χ1) is 23.6. The van der Waals surface area contributed by atoms with Crippen molar-refractivity contribution in [2.45, 2.75) is 83.8 Å². The van der Waals surface area contributed by atoms with E-state index in [0.29, 0.717) is 44.8 Å². The van der Waals surface area contributed by atoms with Gasteiger partial charge in [0.05, 0.1) is 33.4 Å². The second-order valence-corrected chi connectivity index (χ2v) is 13.6. The van der Waals surface area contributed by atoms with Gasteiger partial charge in [0.15, 0.2) is 0 Å². The number of aliphatic hydroxyl groups excluding tert-OH is 2. The maximum Gasteiger partial charge on any atom is 0.237 e. The molecule has 1 fully saturated rings. The lowest BCUT2D eigenvalue weighted by Gasteiger charge is -2.42. The van der Waals surface area contributed by atoms with Crippen LogP contribution >= 0.6 is 0 Å². The number of fused-ring (bicyclic) bond motifs is 1. The lowest BCUT2D eigenvalue weighted by Crippen LogP contribution is -2.51. The Hall–Kier alpha value is -3.22. The number of rotatable bonds is 9. The standard InChI is InChI=1S/C38H57N3O8/c1-25(2)32-22-40(26(3)42)23-35(48-6)38(45)33(43)24-49-16-8-7-15-41(37(32)29-13-10-14-31(18-29)46-4)36(44)21-39-20-30-17-27-11-9-12-28(27)19-34(30)47-5/h10,13-14,17-19,25,32-33,35,37-39,43,45H,7-9,11-12,15-16,20-24H2,1-6H3/t32-,33+,35+,37-,38+/m1/s1. The molecule has 0 saturated carbocycles. The third-order valence-corrected chi connectivity index (χ3v) is 10.0. The van der Waals surface area contributed by atoms with Crippen LogP contribution in [0.3, 0.4) is 0 Å². The van der Waals surface area contributed by atoms with Crippen LogP contribution in [0.5, 0.6) is 11.5 Å². The van der Waals surface area contributed by atoms with Crippen molar-refractivity contribution in [1.29, 1.82) is 0 Å². The van der Waals surface area contributed by atoms with Crippen LogP contribution in [0.4, 0.5) is 0 Å². The van der Waals surface area contributed by atoms with E-state index in [1.807, 2.05) is 29.2 Å². The Bertz CT molecular complexity index is 1370. The van der Waals surface area contributed by atoms with E-state index in [9.17, 15) is 19.8 Å². The van der Waals surface area contributed by atoms with Gasteiger partial charge in [0.2, 0.25) is 11.8 Å². The molecule has 2 aromatic carbocycles. The quantitative estimate of drug-likeness (QED) is 0.364. The zero-order chi connectivity index (χ0) is 35.5. The normalized spacial score (nSPS) is 24.2. The molecule has 1 saturated heterocycles. The van der Waals surface area contributed by atoms with Gasteiger partial charge in [0.25, 0.3) is 0 Å². The monoisotopic (exact) mass is 683 g/mol. The largest absolute Gasteiger partial charge is 0.497 e. The van der Waals surface area contributed by atoms with Gasteiger partial charge in [-0.05, 0) is 72.9 Å². The summed E-state index contributed by atoms with van der Waals surface area (Å²) < 4.78 is 22.7. The highest BCUT2D eigenvalue weighted by atomic mass is 16.5. The van der Waals surface area contributed by atoms with Gasteiger partial charge in [-0.3, -0.25) is 9.59 Å². The summed E-state index contributed by atoms with van der Waals surface area (Å²) in [6, 6.07) is 11.7. The SMILES string of the molecule is COc1cccc([C@@H]2[C@@H](C(C)C)CN(C(C)=O)C[C@H](OC)[C@@H](O)[C@@H](O)COCCCCN2C(=O)CNCc2cc3c(cc2OC)CCC3)c1. The van der Waals surface area contributed by atoms with Gasteiger partial charge in [-0.15, -0.1) is 0 Å². The minimum atomic E-state index is -1.25. The molecule has 0 radical (unpaired) electrons. The van der Waals surface area contributed by atoms with E-state index in [1.165, 1.54) is 25.2 Å². The smallest absolute Gasteiger partial charge is 0.237 e. The van der Waals surface area contributed by atoms with Gasteiger partial charge >= 0.3 is 0 Å². The van der Waals surface area contributed by atoms with Crippen LogP contribution in [-0.2, 0) is 38.4 Å². The molecule has 4 rings (SSSR count). The predicted octanol–water partition coefficient (Wildman–Crippen LogP) is 3.52. The molecule has 2 amide bonds. The van der Waals surface area contributed by atoms with Crippen LogP contribution < -0.4 is 14.8 Å². The Kier molecular flexibility index (Phi) is 14.7. The number of methoxy groups -OCH3 is 3. The topological polar surface area (TPSA) is 130 Å². The molecular weight excluding hydrogens is 626 g/mol. The minimum Gasteiger partial charge on any atom is -0.497 e. The molecular formula is C38H57N3O8. The summed E-state index contributed by atoms with van der Waals surface area (Å²) in [4.78, 5) is 31.2. The molecule has 5 atom stereocenters. The number of aryl methyl sites for hydroxylation is 2. The zero-order valence-corrected chi connectivity index (χ0v) is 30.2. The number of aliphatic hydroxyl groups is 2. The van der Waals surface area contributed by atoms with Gasteiger partial charge in [0.1, 0.15) is 29.8 Å². The van der Waals surface area contributed by atoms with Gasteiger partial charge < -0.3 is 44.3 Å². The molecule has 1 aliphatic carbocycles. The lowest BCUT2D eigenvalue weighted by molar-refractivity contribution is -0.139. The summed E-state index contributed by atoms with van der Waals surface area (Å²) >= 11 is 0. The number of benzene rings is 2. The highest BCUT2D eigenvalue weighted by Crippen LogP contribution is 2.37. The summed E-state index contributed by atoms with van der Waals surface area (Å²) in [5, 5.41) is 25.0. The summed E-state index contributed by atoms with van der Waals surface area (Å²) in [7, 11) is 4.76. The van der Waals surface area contributed by atoms with Crippen LogP contribution in [0.15, 0.2) is 36.4 Å². The fraction of sp³-hybridized carbons (Fsp3) is 0.632. The summed E-state index contributed by atoms with van der Waals surface area (Å²) in [6.45, 7) is 7.42. The van der Waals surface area contributed by atoms with Crippen LogP contribution in [0, 0.1) is 11.8 Å². The molecule has 0 unspecified atom stereocenters. The number of nitrogens with one attached hydrogen (secondary N) is 1. The molecule has 11 heteroatoms. The van der Waals surface area contributed by atoms with Crippen molar-refractivity contribution in [2.24, 2.45) is 11.8 Å². The maximum absolute atomic E-state index is 14.4. The highest BCUT2D eigenvalue weighted by molar-refractivity contribution is 5.79. The van der Waals surface area contributed by atoms with Crippen LogP contribution in [0.25, 0.3) is 0 Å². The number of amides is 2. The lowest BCUT2D eigenvalue weighted by atomic mass is 9.82.